The molecule has 0 saturated carbocycles. The van der Waals surface area contributed by atoms with Gasteiger partial charge in [-0.1, -0.05) is 59.3 Å². The first kappa shape index (κ1) is 24.0. The molecule has 8 heteroatoms. The lowest BCUT2D eigenvalue weighted by atomic mass is 10.0. The first-order chi connectivity index (χ1) is 17.0. The molecule has 3 heterocycles. The Morgan fingerprint density at radius 1 is 0.943 bits per heavy atom. The van der Waals surface area contributed by atoms with Gasteiger partial charge >= 0.3 is 0 Å². The quantitative estimate of drug-likeness (QED) is 0.349. The van der Waals surface area contributed by atoms with Gasteiger partial charge in [0.2, 0.25) is 5.91 Å². The number of ether oxygens (including phenoxy) is 2. The summed E-state index contributed by atoms with van der Waals surface area (Å²) >= 11 is 1.65. The third-order valence-electron chi connectivity index (χ3n) is 6.69. The maximum absolute atomic E-state index is 12.8. The molecule has 1 aromatic heterocycles. The average Bonchev–Trinajstić information content (AvgIpc) is 3.51. The molecule has 3 aromatic rings. The summed E-state index contributed by atoms with van der Waals surface area (Å²) in [5, 5.41) is 9.88. The maximum atomic E-state index is 12.8. The highest BCUT2D eigenvalue weighted by molar-refractivity contribution is 7.99. The second-order valence-electron chi connectivity index (χ2n) is 9.28. The monoisotopic (exact) mass is 492 g/mol. The lowest BCUT2D eigenvalue weighted by molar-refractivity contribution is -0.187. The first-order valence-electron chi connectivity index (χ1n) is 12.3. The summed E-state index contributed by atoms with van der Waals surface area (Å²) in [5.74, 6) is 1.39. The van der Waals surface area contributed by atoms with E-state index in [4.69, 9.17) is 9.47 Å². The third-order valence-corrected chi connectivity index (χ3v) is 7.71. The van der Waals surface area contributed by atoms with Crippen LogP contribution in [0.3, 0.4) is 0 Å². The van der Waals surface area contributed by atoms with Crippen LogP contribution in [-0.4, -0.2) is 63.4 Å². The lowest BCUT2D eigenvalue weighted by Crippen LogP contribution is -2.47. The van der Waals surface area contributed by atoms with Gasteiger partial charge in [0.15, 0.2) is 16.8 Å². The van der Waals surface area contributed by atoms with Crippen LogP contribution in [0.2, 0.25) is 0 Å². The van der Waals surface area contributed by atoms with E-state index in [1.54, 1.807) is 11.8 Å². The van der Waals surface area contributed by atoms with Crippen molar-refractivity contribution in [2.75, 3.05) is 32.1 Å². The molecule has 0 atom stereocenters. The normalized spacial score (nSPS) is 17.3. The minimum absolute atomic E-state index is 0.207. The molecule has 1 amide bonds. The van der Waals surface area contributed by atoms with Crippen molar-refractivity contribution in [2.24, 2.45) is 0 Å². The number of aryl methyl sites for hydroxylation is 2. The molecule has 184 valence electrons. The molecule has 0 unspecified atom stereocenters. The Labute approximate surface area is 210 Å². The summed E-state index contributed by atoms with van der Waals surface area (Å²) in [5.41, 5.74) is 4.49. The van der Waals surface area contributed by atoms with Crippen LogP contribution < -0.4 is 0 Å². The average molecular weight is 493 g/mol. The molecule has 0 bridgehead atoms. The topological polar surface area (TPSA) is 69.5 Å². The number of piperidine rings is 1. The van der Waals surface area contributed by atoms with E-state index < -0.39 is 5.79 Å². The van der Waals surface area contributed by atoms with Crippen molar-refractivity contribution in [1.29, 1.82) is 0 Å². The zero-order valence-electron chi connectivity index (χ0n) is 20.4. The highest BCUT2D eigenvalue weighted by Crippen LogP contribution is 2.32. The van der Waals surface area contributed by atoms with E-state index in [0.29, 0.717) is 32.7 Å². The third kappa shape index (κ3) is 5.44. The zero-order chi connectivity index (χ0) is 24.3. The number of thioether (sulfide) groups is 1. The molecule has 2 saturated heterocycles. The van der Waals surface area contributed by atoms with Gasteiger partial charge in [-0.3, -0.25) is 9.36 Å². The molecule has 2 aliphatic heterocycles. The molecule has 35 heavy (non-hydrogen) atoms. The molecule has 0 aliphatic carbocycles. The molecular formula is C27H32N4O3S. The van der Waals surface area contributed by atoms with Gasteiger partial charge in [-0.15, -0.1) is 10.2 Å². The van der Waals surface area contributed by atoms with Crippen LogP contribution in [0.5, 0.6) is 0 Å². The number of benzene rings is 2. The van der Waals surface area contributed by atoms with Gasteiger partial charge in [-0.05, 0) is 32.4 Å². The number of hydrogen-bond donors (Lipinski definition) is 0. The minimum atomic E-state index is -0.443. The van der Waals surface area contributed by atoms with Gasteiger partial charge in [0.1, 0.15) is 0 Å². The van der Waals surface area contributed by atoms with E-state index in [1.807, 2.05) is 4.90 Å². The first-order valence-corrected chi connectivity index (χ1v) is 13.3. The number of likely N-dealkylation sites (tertiary alicyclic amines) is 1. The van der Waals surface area contributed by atoms with Crippen LogP contribution in [0, 0.1) is 13.8 Å². The second-order valence-corrected chi connectivity index (χ2v) is 10.3. The van der Waals surface area contributed by atoms with Crippen molar-refractivity contribution in [3.05, 3.63) is 59.7 Å². The van der Waals surface area contributed by atoms with Gasteiger partial charge in [-0.25, -0.2) is 0 Å². The van der Waals surface area contributed by atoms with Gasteiger partial charge in [-0.2, -0.15) is 0 Å². The van der Waals surface area contributed by atoms with Crippen molar-refractivity contribution in [3.63, 3.8) is 0 Å². The SMILES string of the molecule is Cc1ccc(-c2nnc(SCCCC(=O)N3CCC4(CC3)OCCO4)n2-c2ccc(C)cc2)cc1. The number of aromatic nitrogens is 3. The predicted octanol–water partition coefficient (Wildman–Crippen LogP) is 4.79. The van der Waals surface area contributed by atoms with Crippen molar-refractivity contribution in [2.45, 2.75) is 50.5 Å². The van der Waals surface area contributed by atoms with Crippen molar-refractivity contribution >= 4 is 17.7 Å². The van der Waals surface area contributed by atoms with E-state index in [0.717, 1.165) is 47.2 Å². The second kappa shape index (κ2) is 10.5. The van der Waals surface area contributed by atoms with Gasteiger partial charge in [0, 0.05) is 49.4 Å². The fraction of sp³-hybridized carbons (Fsp3) is 0.444. The van der Waals surface area contributed by atoms with Crippen LogP contribution in [0.1, 0.15) is 36.8 Å². The van der Waals surface area contributed by atoms with Gasteiger partial charge in [0.05, 0.1) is 13.2 Å². The molecule has 1 spiro atoms. The number of carbonyl (C=O) groups is 1. The molecule has 7 nitrogen and oxygen atoms in total. The maximum Gasteiger partial charge on any atom is 0.222 e. The van der Waals surface area contributed by atoms with Crippen LogP contribution in [0.15, 0.2) is 53.7 Å². The van der Waals surface area contributed by atoms with Crippen molar-refractivity contribution < 1.29 is 14.3 Å². The van der Waals surface area contributed by atoms with Gasteiger partial charge < -0.3 is 14.4 Å². The Kier molecular flexibility index (Phi) is 7.22. The number of amides is 1. The summed E-state index contributed by atoms with van der Waals surface area (Å²) in [4.78, 5) is 14.7. The Hall–Kier alpha value is -2.68. The van der Waals surface area contributed by atoms with Gasteiger partial charge in [0.25, 0.3) is 0 Å². The number of nitrogens with zero attached hydrogens (tertiary/aromatic N) is 4. The van der Waals surface area contributed by atoms with E-state index in [9.17, 15) is 4.79 Å². The van der Waals surface area contributed by atoms with Crippen molar-refractivity contribution in [1.82, 2.24) is 19.7 Å². The summed E-state index contributed by atoms with van der Waals surface area (Å²) in [7, 11) is 0. The van der Waals surface area contributed by atoms with Crippen LogP contribution in [0.4, 0.5) is 0 Å². The fourth-order valence-corrected chi connectivity index (χ4v) is 5.50. The Bertz CT molecular complexity index is 1140. The highest BCUT2D eigenvalue weighted by Gasteiger charge is 2.40. The van der Waals surface area contributed by atoms with E-state index in [1.165, 1.54) is 11.1 Å². The highest BCUT2D eigenvalue weighted by atomic mass is 32.2. The number of rotatable bonds is 7. The summed E-state index contributed by atoms with van der Waals surface area (Å²) in [6, 6.07) is 16.8. The van der Waals surface area contributed by atoms with Crippen LogP contribution >= 0.6 is 11.8 Å². The lowest BCUT2D eigenvalue weighted by Gasteiger charge is -2.37. The Morgan fingerprint density at radius 2 is 1.57 bits per heavy atom. The van der Waals surface area contributed by atoms with E-state index in [-0.39, 0.29) is 5.91 Å². The molecule has 5 rings (SSSR count). The number of carbonyl (C=O) groups excluding carboxylic acids is 1. The molecular weight excluding hydrogens is 460 g/mol. The molecule has 2 aromatic carbocycles. The predicted molar refractivity (Wildman–Crippen MR) is 137 cm³/mol. The van der Waals surface area contributed by atoms with Crippen molar-refractivity contribution in [3.8, 4) is 17.1 Å². The molecule has 2 fully saturated rings. The Morgan fingerprint density at radius 3 is 2.23 bits per heavy atom. The zero-order valence-corrected chi connectivity index (χ0v) is 21.2. The summed E-state index contributed by atoms with van der Waals surface area (Å²) in [6.45, 7) is 6.88. The van der Waals surface area contributed by atoms with Crippen LogP contribution in [0.25, 0.3) is 17.1 Å². The minimum Gasteiger partial charge on any atom is -0.347 e. The van der Waals surface area contributed by atoms with E-state index in [2.05, 4.69) is 77.1 Å². The molecule has 0 N–H and O–H groups in total. The largest absolute Gasteiger partial charge is 0.347 e. The molecule has 0 radical (unpaired) electrons. The summed E-state index contributed by atoms with van der Waals surface area (Å²) < 4.78 is 13.7. The standard InChI is InChI=1S/C27H32N4O3S/c1-20-5-9-22(10-6-20)25-28-29-26(31(25)23-11-7-21(2)8-12-23)35-19-3-4-24(32)30-15-13-27(14-16-30)33-17-18-34-27/h5-12H,3-4,13-19H2,1-2H3. The summed E-state index contributed by atoms with van der Waals surface area (Å²) in [6.07, 6.45) is 2.84. The van der Waals surface area contributed by atoms with E-state index >= 15 is 0 Å². The molecule has 2 aliphatic rings. The van der Waals surface area contributed by atoms with Crippen LogP contribution in [-0.2, 0) is 14.3 Å². The smallest absolute Gasteiger partial charge is 0.222 e. The Balaban J connectivity index is 1.22. The number of hydrogen-bond acceptors (Lipinski definition) is 6. The fourth-order valence-electron chi connectivity index (χ4n) is 4.61.